The average Bonchev–Trinajstić information content (AvgIpc) is 2.34. The van der Waals surface area contributed by atoms with E-state index in [1.54, 1.807) is 6.92 Å². The Balaban J connectivity index is 2.19. The van der Waals surface area contributed by atoms with Gasteiger partial charge in [-0.3, -0.25) is 0 Å². The Labute approximate surface area is 125 Å². The standard InChI is InChI=1S/C13H14F3NO4S/c1-13(5-11(15)16)6-17(7-13)22(20,21)8-2-3-9(12(18)19)10(14)4-8/h2-4,11H,5-7H2,1H3,(H,18,19). The first-order valence-electron chi connectivity index (χ1n) is 6.36. The van der Waals surface area contributed by atoms with E-state index in [-0.39, 0.29) is 13.1 Å². The molecule has 0 amide bonds. The number of carboxylic acids is 1. The molecule has 0 bridgehead atoms. The topological polar surface area (TPSA) is 74.7 Å². The van der Waals surface area contributed by atoms with E-state index in [0.29, 0.717) is 6.07 Å². The van der Waals surface area contributed by atoms with Gasteiger partial charge in [-0.25, -0.2) is 26.4 Å². The minimum atomic E-state index is -4.02. The molecule has 1 aliphatic rings. The van der Waals surface area contributed by atoms with Gasteiger partial charge in [0.05, 0.1) is 10.5 Å². The Morgan fingerprint density at radius 1 is 1.41 bits per heavy atom. The summed E-state index contributed by atoms with van der Waals surface area (Å²) in [6, 6.07) is 2.48. The number of aromatic carboxylic acids is 1. The van der Waals surface area contributed by atoms with Gasteiger partial charge in [0, 0.05) is 24.9 Å². The van der Waals surface area contributed by atoms with E-state index in [0.717, 1.165) is 16.4 Å². The zero-order valence-electron chi connectivity index (χ0n) is 11.6. The van der Waals surface area contributed by atoms with E-state index in [1.807, 2.05) is 0 Å². The maximum Gasteiger partial charge on any atom is 0.338 e. The summed E-state index contributed by atoms with van der Waals surface area (Å²) in [7, 11) is -4.02. The summed E-state index contributed by atoms with van der Waals surface area (Å²) >= 11 is 0. The van der Waals surface area contributed by atoms with Crippen molar-refractivity contribution in [1.82, 2.24) is 4.31 Å². The highest BCUT2D eigenvalue weighted by molar-refractivity contribution is 7.89. The minimum absolute atomic E-state index is 0.0814. The van der Waals surface area contributed by atoms with Crippen LogP contribution < -0.4 is 0 Å². The van der Waals surface area contributed by atoms with Crippen molar-refractivity contribution in [2.45, 2.75) is 24.7 Å². The van der Waals surface area contributed by atoms with Crippen LogP contribution in [-0.4, -0.2) is 43.3 Å². The lowest BCUT2D eigenvalue weighted by molar-refractivity contribution is 0.00978. The van der Waals surface area contributed by atoms with Crippen LogP contribution >= 0.6 is 0 Å². The monoisotopic (exact) mass is 337 g/mol. The van der Waals surface area contributed by atoms with Gasteiger partial charge in [-0.15, -0.1) is 0 Å². The fourth-order valence-electron chi connectivity index (χ4n) is 2.46. The minimum Gasteiger partial charge on any atom is -0.478 e. The molecule has 0 spiro atoms. The van der Waals surface area contributed by atoms with Gasteiger partial charge in [-0.1, -0.05) is 6.92 Å². The Morgan fingerprint density at radius 3 is 2.45 bits per heavy atom. The molecule has 22 heavy (non-hydrogen) atoms. The maximum absolute atomic E-state index is 13.6. The van der Waals surface area contributed by atoms with Gasteiger partial charge < -0.3 is 5.11 Å². The van der Waals surface area contributed by atoms with Crippen molar-refractivity contribution in [2.24, 2.45) is 5.41 Å². The summed E-state index contributed by atoms with van der Waals surface area (Å²) in [6.45, 7) is 1.39. The van der Waals surface area contributed by atoms with Crippen LogP contribution in [0.5, 0.6) is 0 Å². The van der Waals surface area contributed by atoms with E-state index in [9.17, 15) is 26.4 Å². The number of alkyl halides is 2. The summed E-state index contributed by atoms with van der Waals surface area (Å²) in [6.07, 6.45) is -2.94. The number of rotatable bonds is 5. The third-order valence-corrected chi connectivity index (χ3v) is 5.36. The molecular formula is C13H14F3NO4S. The van der Waals surface area contributed by atoms with Crippen LogP contribution in [0.4, 0.5) is 13.2 Å². The molecule has 0 atom stereocenters. The van der Waals surface area contributed by atoms with Gasteiger partial charge in [0.1, 0.15) is 5.82 Å². The van der Waals surface area contributed by atoms with Gasteiger partial charge in [0.25, 0.3) is 0 Å². The van der Waals surface area contributed by atoms with Gasteiger partial charge in [-0.2, -0.15) is 4.31 Å². The molecular weight excluding hydrogens is 323 g/mol. The van der Waals surface area contributed by atoms with Crippen LogP contribution in [0.25, 0.3) is 0 Å². The summed E-state index contributed by atoms with van der Waals surface area (Å²) in [4.78, 5) is 10.3. The van der Waals surface area contributed by atoms with Crippen molar-refractivity contribution in [2.75, 3.05) is 13.1 Å². The van der Waals surface area contributed by atoms with E-state index < -0.39 is 50.5 Å². The van der Waals surface area contributed by atoms with Gasteiger partial charge >= 0.3 is 5.97 Å². The molecule has 9 heteroatoms. The summed E-state index contributed by atoms with van der Waals surface area (Å²) < 4.78 is 63.8. The van der Waals surface area contributed by atoms with Crippen LogP contribution in [0.15, 0.2) is 23.1 Å². The van der Waals surface area contributed by atoms with E-state index in [1.165, 1.54) is 0 Å². The summed E-state index contributed by atoms with van der Waals surface area (Å²) in [5, 5.41) is 8.71. The average molecular weight is 337 g/mol. The smallest absolute Gasteiger partial charge is 0.338 e. The molecule has 0 saturated carbocycles. The zero-order chi connectivity index (χ0) is 16.7. The molecule has 1 heterocycles. The zero-order valence-corrected chi connectivity index (χ0v) is 12.4. The highest BCUT2D eigenvalue weighted by Gasteiger charge is 2.46. The van der Waals surface area contributed by atoms with Crippen molar-refractivity contribution in [3.63, 3.8) is 0 Å². The Morgan fingerprint density at radius 2 is 2.00 bits per heavy atom. The van der Waals surface area contributed by atoms with Crippen LogP contribution in [0.2, 0.25) is 0 Å². The van der Waals surface area contributed by atoms with E-state index in [4.69, 9.17) is 5.11 Å². The molecule has 0 aromatic heterocycles. The van der Waals surface area contributed by atoms with Gasteiger partial charge in [0.15, 0.2) is 0 Å². The normalized spacial score (nSPS) is 18.2. The lowest BCUT2D eigenvalue weighted by Gasteiger charge is -2.46. The second kappa shape index (κ2) is 5.54. The second-order valence-electron chi connectivity index (χ2n) is 5.63. The van der Waals surface area contributed by atoms with Crippen molar-refractivity contribution in [3.05, 3.63) is 29.6 Å². The maximum atomic E-state index is 13.6. The van der Waals surface area contributed by atoms with Crippen molar-refractivity contribution >= 4 is 16.0 Å². The predicted molar refractivity (Wildman–Crippen MR) is 70.8 cm³/mol. The summed E-state index contributed by atoms with van der Waals surface area (Å²) in [5.41, 5.74) is -1.44. The highest BCUT2D eigenvalue weighted by Crippen LogP contribution is 2.39. The van der Waals surface area contributed by atoms with E-state index >= 15 is 0 Å². The molecule has 0 radical (unpaired) electrons. The Hall–Kier alpha value is -1.61. The largest absolute Gasteiger partial charge is 0.478 e. The fourth-order valence-corrected chi connectivity index (χ4v) is 4.21. The predicted octanol–water partition coefficient (Wildman–Crippen LogP) is 2.19. The molecule has 122 valence electrons. The molecule has 2 rings (SSSR count). The second-order valence-corrected chi connectivity index (χ2v) is 7.56. The molecule has 0 unspecified atom stereocenters. The molecule has 5 nitrogen and oxygen atoms in total. The number of nitrogens with zero attached hydrogens (tertiary/aromatic N) is 1. The number of hydrogen-bond donors (Lipinski definition) is 1. The third kappa shape index (κ3) is 3.09. The number of benzene rings is 1. The number of sulfonamides is 1. The number of hydrogen-bond acceptors (Lipinski definition) is 3. The van der Waals surface area contributed by atoms with Crippen molar-refractivity contribution < 1.29 is 31.5 Å². The van der Waals surface area contributed by atoms with Gasteiger partial charge in [-0.05, 0) is 18.2 Å². The van der Waals surface area contributed by atoms with Crippen LogP contribution in [0.3, 0.4) is 0 Å². The molecule has 1 N–H and O–H groups in total. The first-order valence-corrected chi connectivity index (χ1v) is 7.80. The quantitative estimate of drug-likeness (QED) is 0.894. The van der Waals surface area contributed by atoms with Crippen LogP contribution in [0, 0.1) is 11.2 Å². The first-order chi connectivity index (χ1) is 10.0. The molecule has 1 fully saturated rings. The van der Waals surface area contributed by atoms with Gasteiger partial charge in [0.2, 0.25) is 16.4 Å². The third-order valence-electron chi connectivity index (χ3n) is 3.57. The van der Waals surface area contributed by atoms with Crippen molar-refractivity contribution in [1.29, 1.82) is 0 Å². The Kier molecular flexibility index (Phi) is 4.22. The molecule has 1 aromatic rings. The molecule has 0 aliphatic carbocycles. The number of halogens is 3. The highest BCUT2D eigenvalue weighted by atomic mass is 32.2. The SMILES string of the molecule is CC1(CC(F)F)CN(S(=O)(=O)c2ccc(C(=O)O)c(F)c2)C1. The van der Waals surface area contributed by atoms with Crippen LogP contribution in [0.1, 0.15) is 23.7 Å². The summed E-state index contributed by atoms with van der Waals surface area (Å²) in [5.74, 6) is -2.67. The van der Waals surface area contributed by atoms with E-state index in [2.05, 4.69) is 0 Å². The fraction of sp³-hybridized carbons (Fsp3) is 0.462. The van der Waals surface area contributed by atoms with Crippen molar-refractivity contribution in [3.8, 4) is 0 Å². The lowest BCUT2D eigenvalue weighted by atomic mass is 9.81. The number of carboxylic acid groups (broad SMARTS) is 1. The lowest BCUT2D eigenvalue weighted by Crippen LogP contribution is -2.57. The first kappa shape index (κ1) is 16.8. The van der Waals surface area contributed by atoms with Crippen LogP contribution in [-0.2, 0) is 10.0 Å². The molecule has 1 aromatic carbocycles. The molecule has 1 aliphatic heterocycles. The number of carbonyl (C=O) groups is 1. The molecule has 1 saturated heterocycles. The Bertz CT molecular complexity index is 699.